The predicted octanol–water partition coefficient (Wildman–Crippen LogP) is 1.58. The van der Waals surface area contributed by atoms with Crippen LogP contribution >= 0.6 is 11.8 Å². The van der Waals surface area contributed by atoms with Crippen LogP contribution in [0, 0.1) is 12.3 Å². The summed E-state index contributed by atoms with van der Waals surface area (Å²) in [6.45, 7) is 3.47. The van der Waals surface area contributed by atoms with Crippen LogP contribution in [0.3, 0.4) is 0 Å². The Labute approximate surface area is 112 Å². The number of aryl methyl sites for hydroxylation is 1. The Morgan fingerprint density at radius 2 is 2.44 bits per heavy atom. The average Bonchev–Trinajstić information content (AvgIpc) is 2.70. The highest BCUT2D eigenvalue weighted by molar-refractivity contribution is 7.99. The van der Waals surface area contributed by atoms with Gasteiger partial charge in [0.15, 0.2) is 0 Å². The monoisotopic (exact) mass is 265 g/mol. The normalized spacial score (nSPS) is 10.0. The Morgan fingerprint density at radius 3 is 3.11 bits per heavy atom. The number of terminal acetylenes is 1. The van der Waals surface area contributed by atoms with E-state index in [0.29, 0.717) is 23.7 Å². The summed E-state index contributed by atoms with van der Waals surface area (Å²) in [7, 11) is 0. The second-order valence-electron chi connectivity index (χ2n) is 3.86. The van der Waals surface area contributed by atoms with E-state index >= 15 is 0 Å². The van der Waals surface area contributed by atoms with Crippen molar-refractivity contribution >= 4 is 23.4 Å². The quantitative estimate of drug-likeness (QED) is 0.581. The van der Waals surface area contributed by atoms with Crippen molar-refractivity contribution in [1.82, 2.24) is 9.88 Å². The molecule has 1 rings (SSSR count). The standard InChI is InChI=1S/C13H19N3OS/c1-3-6-16-10-11(14)9-12(16)13(17)15-5-8-18-7-4-2/h2,9-10H,3,5-8,14H2,1H3,(H,15,17). The molecule has 0 aliphatic heterocycles. The molecule has 0 bridgehead atoms. The van der Waals surface area contributed by atoms with Gasteiger partial charge in [-0.25, -0.2) is 0 Å². The number of carbonyl (C=O) groups is 1. The minimum atomic E-state index is -0.0820. The SMILES string of the molecule is C#CCSCCNC(=O)c1cc(N)cn1CCC. The van der Waals surface area contributed by atoms with Gasteiger partial charge in [-0.2, -0.15) is 0 Å². The molecule has 0 radical (unpaired) electrons. The molecule has 98 valence electrons. The van der Waals surface area contributed by atoms with Crippen LogP contribution in [0.4, 0.5) is 5.69 Å². The van der Waals surface area contributed by atoms with Crippen LogP contribution < -0.4 is 11.1 Å². The molecule has 0 aromatic carbocycles. The number of carbonyl (C=O) groups excluding carboxylic acids is 1. The van der Waals surface area contributed by atoms with Gasteiger partial charge < -0.3 is 15.6 Å². The van der Waals surface area contributed by atoms with E-state index in [2.05, 4.69) is 18.2 Å². The van der Waals surface area contributed by atoms with Gasteiger partial charge in [0.25, 0.3) is 5.91 Å². The molecule has 18 heavy (non-hydrogen) atoms. The van der Waals surface area contributed by atoms with Crippen LogP contribution in [0.15, 0.2) is 12.3 Å². The third-order valence-corrected chi connectivity index (χ3v) is 3.20. The highest BCUT2D eigenvalue weighted by atomic mass is 32.2. The lowest BCUT2D eigenvalue weighted by atomic mass is 10.3. The maximum Gasteiger partial charge on any atom is 0.268 e. The number of aromatic nitrogens is 1. The zero-order valence-electron chi connectivity index (χ0n) is 10.6. The molecule has 0 fully saturated rings. The van der Waals surface area contributed by atoms with Crippen molar-refractivity contribution in [1.29, 1.82) is 0 Å². The van der Waals surface area contributed by atoms with E-state index < -0.39 is 0 Å². The van der Waals surface area contributed by atoms with Gasteiger partial charge in [0.1, 0.15) is 5.69 Å². The first-order chi connectivity index (χ1) is 8.69. The van der Waals surface area contributed by atoms with Gasteiger partial charge in [-0.05, 0) is 12.5 Å². The number of anilines is 1. The molecule has 0 aliphatic rings. The van der Waals surface area contributed by atoms with E-state index in [1.807, 2.05) is 4.57 Å². The Bertz CT molecular complexity index is 434. The molecule has 0 unspecified atom stereocenters. The number of thioether (sulfide) groups is 1. The minimum Gasteiger partial charge on any atom is -0.397 e. The molecule has 3 N–H and O–H groups in total. The zero-order chi connectivity index (χ0) is 13.4. The van der Waals surface area contributed by atoms with Crippen LogP contribution in [-0.2, 0) is 6.54 Å². The molecular formula is C13H19N3OS. The van der Waals surface area contributed by atoms with Gasteiger partial charge in [-0.3, -0.25) is 4.79 Å². The summed E-state index contributed by atoms with van der Waals surface area (Å²) in [6, 6.07) is 1.71. The first-order valence-electron chi connectivity index (χ1n) is 5.94. The summed E-state index contributed by atoms with van der Waals surface area (Å²) in [4.78, 5) is 11.9. The predicted molar refractivity (Wildman–Crippen MR) is 77.6 cm³/mol. The molecule has 0 spiro atoms. The molecule has 5 heteroatoms. The molecule has 1 heterocycles. The van der Waals surface area contributed by atoms with Crippen molar-refractivity contribution in [3.05, 3.63) is 18.0 Å². The van der Waals surface area contributed by atoms with Crippen molar-refractivity contribution in [2.24, 2.45) is 0 Å². The number of rotatable bonds is 7. The van der Waals surface area contributed by atoms with Crippen LogP contribution in [0.2, 0.25) is 0 Å². The minimum absolute atomic E-state index is 0.0820. The molecule has 0 aliphatic carbocycles. The molecule has 1 amide bonds. The van der Waals surface area contributed by atoms with Crippen molar-refractivity contribution in [2.45, 2.75) is 19.9 Å². The fourth-order valence-corrected chi connectivity index (χ4v) is 2.12. The number of nitrogens with two attached hydrogens (primary N) is 1. The van der Waals surface area contributed by atoms with Gasteiger partial charge in [-0.15, -0.1) is 18.2 Å². The summed E-state index contributed by atoms with van der Waals surface area (Å²) in [5.74, 6) is 3.96. The Hall–Kier alpha value is -1.54. The van der Waals surface area contributed by atoms with Crippen LogP contribution in [0.25, 0.3) is 0 Å². The molecule has 0 atom stereocenters. The summed E-state index contributed by atoms with van der Waals surface area (Å²) in [6.07, 6.45) is 7.90. The lowest BCUT2D eigenvalue weighted by Gasteiger charge is -2.08. The van der Waals surface area contributed by atoms with Gasteiger partial charge in [0.05, 0.1) is 11.4 Å². The first-order valence-corrected chi connectivity index (χ1v) is 7.09. The van der Waals surface area contributed by atoms with E-state index in [0.717, 1.165) is 18.7 Å². The van der Waals surface area contributed by atoms with Crippen molar-refractivity contribution in [2.75, 3.05) is 23.8 Å². The van der Waals surface area contributed by atoms with Crippen LogP contribution in [-0.4, -0.2) is 28.5 Å². The van der Waals surface area contributed by atoms with Crippen molar-refractivity contribution < 1.29 is 4.79 Å². The number of amides is 1. The molecular weight excluding hydrogens is 246 g/mol. The summed E-state index contributed by atoms with van der Waals surface area (Å²) >= 11 is 1.63. The second-order valence-corrected chi connectivity index (χ2v) is 4.97. The van der Waals surface area contributed by atoms with Crippen molar-refractivity contribution in [3.8, 4) is 12.3 Å². The molecule has 1 aromatic rings. The molecule has 1 aromatic heterocycles. The summed E-state index contributed by atoms with van der Waals surface area (Å²) < 4.78 is 1.89. The first kappa shape index (κ1) is 14.5. The Kier molecular flexibility index (Phi) is 6.23. The fourth-order valence-electron chi connectivity index (χ4n) is 1.61. The van der Waals surface area contributed by atoms with Gasteiger partial charge >= 0.3 is 0 Å². The van der Waals surface area contributed by atoms with E-state index in [9.17, 15) is 4.79 Å². The van der Waals surface area contributed by atoms with Crippen LogP contribution in [0.1, 0.15) is 23.8 Å². The summed E-state index contributed by atoms with van der Waals surface area (Å²) in [5, 5.41) is 2.87. The fraction of sp³-hybridized carbons (Fsp3) is 0.462. The van der Waals surface area contributed by atoms with E-state index in [4.69, 9.17) is 12.2 Å². The van der Waals surface area contributed by atoms with E-state index in [-0.39, 0.29) is 5.91 Å². The maximum atomic E-state index is 11.9. The Balaban J connectivity index is 2.48. The summed E-state index contributed by atoms with van der Waals surface area (Å²) in [5.41, 5.74) is 6.96. The van der Waals surface area contributed by atoms with Gasteiger partial charge in [-0.1, -0.05) is 12.8 Å². The number of nitrogens with zero attached hydrogens (tertiary/aromatic N) is 1. The number of nitrogens with one attached hydrogen (secondary N) is 1. The number of hydrogen-bond donors (Lipinski definition) is 2. The molecule has 4 nitrogen and oxygen atoms in total. The largest absolute Gasteiger partial charge is 0.397 e. The molecule has 0 saturated carbocycles. The topological polar surface area (TPSA) is 60.1 Å². The maximum absolute atomic E-state index is 11.9. The average molecular weight is 265 g/mol. The Morgan fingerprint density at radius 1 is 1.67 bits per heavy atom. The zero-order valence-corrected chi connectivity index (χ0v) is 11.4. The van der Waals surface area contributed by atoms with Crippen LogP contribution in [0.5, 0.6) is 0 Å². The van der Waals surface area contributed by atoms with Crippen molar-refractivity contribution in [3.63, 3.8) is 0 Å². The second kappa shape index (κ2) is 7.72. The third kappa shape index (κ3) is 4.38. The lowest BCUT2D eigenvalue weighted by Crippen LogP contribution is -2.27. The lowest BCUT2D eigenvalue weighted by molar-refractivity contribution is 0.0947. The van der Waals surface area contributed by atoms with E-state index in [1.54, 1.807) is 24.0 Å². The van der Waals surface area contributed by atoms with Gasteiger partial charge in [0.2, 0.25) is 0 Å². The highest BCUT2D eigenvalue weighted by Gasteiger charge is 2.11. The van der Waals surface area contributed by atoms with E-state index in [1.165, 1.54) is 0 Å². The highest BCUT2D eigenvalue weighted by Crippen LogP contribution is 2.11. The smallest absolute Gasteiger partial charge is 0.268 e. The number of nitrogen functional groups attached to an aromatic ring is 1. The molecule has 0 saturated heterocycles. The number of hydrogen-bond acceptors (Lipinski definition) is 3. The third-order valence-electron chi connectivity index (χ3n) is 2.33. The van der Waals surface area contributed by atoms with Gasteiger partial charge in [0, 0.05) is 25.0 Å².